The highest BCUT2D eigenvalue weighted by atomic mass is 16.2. The molecule has 0 aliphatic carbocycles. The molecule has 2 aliphatic rings. The van der Waals surface area contributed by atoms with Crippen LogP contribution in [0.4, 0.5) is 0 Å². The molecule has 0 radical (unpaired) electrons. The molecule has 0 N–H and O–H groups in total. The molecular weight excluding hydrogens is 276 g/mol. The predicted molar refractivity (Wildman–Crippen MR) is 86.5 cm³/mol. The Labute approximate surface area is 133 Å². The van der Waals surface area contributed by atoms with Crippen molar-refractivity contribution in [2.45, 2.75) is 45.6 Å². The highest BCUT2D eigenvalue weighted by Crippen LogP contribution is 2.40. The van der Waals surface area contributed by atoms with E-state index in [1.54, 1.807) is 0 Å². The van der Waals surface area contributed by atoms with Gasteiger partial charge in [-0.05, 0) is 51.6 Å². The summed E-state index contributed by atoms with van der Waals surface area (Å²) in [5.74, 6) is 0.401. The monoisotopic (exact) mass is 304 g/mol. The van der Waals surface area contributed by atoms with Crippen molar-refractivity contribution in [3.63, 3.8) is 0 Å². The van der Waals surface area contributed by atoms with Gasteiger partial charge in [0.15, 0.2) is 0 Å². The molecule has 1 atom stereocenters. The third-order valence-corrected chi connectivity index (χ3v) is 5.30. The highest BCUT2D eigenvalue weighted by Gasteiger charge is 2.48. The number of piperidine rings is 1. The SMILES string of the molecule is CC(C)N1CCC[C@@]2(CCN(CCc3cnn(C)c3)C2)C1=O. The Hall–Kier alpha value is -1.36. The maximum Gasteiger partial charge on any atom is 0.230 e. The van der Waals surface area contributed by atoms with Gasteiger partial charge >= 0.3 is 0 Å². The number of carbonyl (C=O) groups is 1. The molecule has 3 rings (SSSR count). The fraction of sp³-hybridized carbons (Fsp3) is 0.765. The zero-order valence-corrected chi connectivity index (χ0v) is 14.1. The van der Waals surface area contributed by atoms with Crippen molar-refractivity contribution >= 4 is 5.91 Å². The lowest BCUT2D eigenvalue weighted by atomic mass is 9.78. The Balaban J connectivity index is 1.59. The van der Waals surface area contributed by atoms with E-state index in [1.807, 2.05) is 17.9 Å². The number of carbonyl (C=O) groups excluding carboxylic acids is 1. The maximum atomic E-state index is 12.9. The Morgan fingerprint density at radius 2 is 2.14 bits per heavy atom. The summed E-state index contributed by atoms with van der Waals surface area (Å²) in [7, 11) is 1.95. The van der Waals surface area contributed by atoms with E-state index in [2.05, 4.69) is 34.9 Å². The van der Waals surface area contributed by atoms with E-state index in [-0.39, 0.29) is 5.41 Å². The Kier molecular flexibility index (Phi) is 4.26. The highest BCUT2D eigenvalue weighted by molar-refractivity contribution is 5.84. The van der Waals surface area contributed by atoms with Crippen molar-refractivity contribution in [3.8, 4) is 0 Å². The second kappa shape index (κ2) is 6.03. The van der Waals surface area contributed by atoms with Crippen molar-refractivity contribution in [1.29, 1.82) is 0 Å². The van der Waals surface area contributed by atoms with E-state index in [9.17, 15) is 4.79 Å². The number of hydrogen-bond donors (Lipinski definition) is 0. The first kappa shape index (κ1) is 15.5. The Morgan fingerprint density at radius 3 is 2.82 bits per heavy atom. The third kappa shape index (κ3) is 2.91. The predicted octanol–water partition coefficient (Wildman–Crippen LogP) is 1.69. The molecule has 0 saturated carbocycles. The van der Waals surface area contributed by atoms with Gasteiger partial charge in [-0.2, -0.15) is 5.10 Å². The topological polar surface area (TPSA) is 41.4 Å². The largest absolute Gasteiger partial charge is 0.340 e. The first-order valence-electron chi connectivity index (χ1n) is 8.51. The molecular formula is C17H28N4O. The summed E-state index contributed by atoms with van der Waals surface area (Å²) in [6.45, 7) is 8.22. The summed E-state index contributed by atoms with van der Waals surface area (Å²) in [6, 6.07) is 0.328. The molecule has 0 unspecified atom stereocenters. The lowest BCUT2D eigenvalue weighted by molar-refractivity contribution is -0.147. The smallest absolute Gasteiger partial charge is 0.230 e. The summed E-state index contributed by atoms with van der Waals surface area (Å²) in [4.78, 5) is 17.5. The van der Waals surface area contributed by atoms with Gasteiger partial charge < -0.3 is 9.80 Å². The van der Waals surface area contributed by atoms with Crippen LogP contribution in [0.15, 0.2) is 12.4 Å². The fourth-order valence-corrected chi connectivity index (χ4v) is 4.01. The molecule has 1 amide bonds. The van der Waals surface area contributed by atoms with Crippen LogP contribution in [0.25, 0.3) is 0 Å². The molecule has 5 nitrogen and oxygen atoms in total. The van der Waals surface area contributed by atoms with E-state index in [0.717, 1.165) is 51.9 Å². The molecule has 2 saturated heterocycles. The van der Waals surface area contributed by atoms with E-state index in [1.165, 1.54) is 5.56 Å². The minimum absolute atomic E-state index is 0.0997. The van der Waals surface area contributed by atoms with Crippen LogP contribution < -0.4 is 0 Å². The molecule has 0 aromatic carbocycles. The first-order chi connectivity index (χ1) is 10.5. The molecule has 2 aliphatic heterocycles. The number of rotatable bonds is 4. The second-order valence-electron chi connectivity index (χ2n) is 7.27. The Morgan fingerprint density at radius 1 is 1.32 bits per heavy atom. The zero-order chi connectivity index (χ0) is 15.7. The number of hydrogen-bond acceptors (Lipinski definition) is 3. The number of nitrogens with zero attached hydrogens (tertiary/aromatic N) is 4. The number of likely N-dealkylation sites (tertiary alicyclic amines) is 2. The van der Waals surface area contributed by atoms with Gasteiger partial charge in [-0.15, -0.1) is 0 Å². The van der Waals surface area contributed by atoms with Crippen LogP contribution in [0, 0.1) is 5.41 Å². The van der Waals surface area contributed by atoms with Gasteiger partial charge in [-0.1, -0.05) is 0 Å². The van der Waals surface area contributed by atoms with Gasteiger partial charge in [0.25, 0.3) is 0 Å². The molecule has 0 bridgehead atoms. The quantitative estimate of drug-likeness (QED) is 0.850. The molecule has 122 valence electrons. The molecule has 5 heteroatoms. The summed E-state index contributed by atoms with van der Waals surface area (Å²) in [6.07, 6.45) is 8.29. The van der Waals surface area contributed by atoms with Gasteiger partial charge in [0, 0.05) is 38.9 Å². The number of aromatic nitrogens is 2. The lowest BCUT2D eigenvalue weighted by Gasteiger charge is -2.41. The summed E-state index contributed by atoms with van der Waals surface area (Å²) in [5, 5.41) is 4.22. The zero-order valence-electron chi connectivity index (χ0n) is 14.1. The normalized spacial score (nSPS) is 26.5. The third-order valence-electron chi connectivity index (χ3n) is 5.30. The molecule has 2 fully saturated rings. The van der Waals surface area contributed by atoms with Crippen molar-refractivity contribution in [3.05, 3.63) is 18.0 Å². The average Bonchev–Trinajstić information content (AvgIpc) is 3.07. The van der Waals surface area contributed by atoms with Crippen LogP contribution in [-0.2, 0) is 18.3 Å². The molecule has 1 spiro atoms. The molecule has 3 heterocycles. The van der Waals surface area contributed by atoms with Crippen LogP contribution >= 0.6 is 0 Å². The lowest BCUT2D eigenvalue weighted by Crippen LogP contribution is -2.52. The van der Waals surface area contributed by atoms with Crippen molar-refractivity contribution in [2.24, 2.45) is 12.5 Å². The van der Waals surface area contributed by atoms with Crippen LogP contribution in [0.2, 0.25) is 0 Å². The Bertz CT molecular complexity index is 539. The molecule has 1 aromatic rings. The van der Waals surface area contributed by atoms with Crippen LogP contribution in [-0.4, -0.2) is 57.7 Å². The summed E-state index contributed by atoms with van der Waals surface area (Å²) >= 11 is 0. The fourth-order valence-electron chi connectivity index (χ4n) is 4.01. The first-order valence-corrected chi connectivity index (χ1v) is 8.51. The number of amides is 1. The van der Waals surface area contributed by atoms with Gasteiger partial charge in [-0.3, -0.25) is 9.48 Å². The van der Waals surface area contributed by atoms with Gasteiger partial charge in [0.2, 0.25) is 5.91 Å². The van der Waals surface area contributed by atoms with E-state index in [0.29, 0.717) is 11.9 Å². The standard InChI is InChI=1S/C17H28N4O/c1-14(2)21-8-4-6-17(16(21)22)7-10-20(13-17)9-5-15-11-18-19(3)12-15/h11-12,14H,4-10,13H2,1-3H3/t17-/m0/s1. The summed E-state index contributed by atoms with van der Waals surface area (Å²) in [5.41, 5.74) is 1.18. The second-order valence-corrected chi connectivity index (χ2v) is 7.27. The summed E-state index contributed by atoms with van der Waals surface area (Å²) < 4.78 is 1.85. The number of aryl methyl sites for hydroxylation is 1. The minimum atomic E-state index is -0.0997. The van der Waals surface area contributed by atoms with E-state index >= 15 is 0 Å². The van der Waals surface area contributed by atoms with E-state index < -0.39 is 0 Å². The maximum absolute atomic E-state index is 12.9. The van der Waals surface area contributed by atoms with Gasteiger partial charge in [-0.25, -0.2) is 0 Å². The van der Waals surface area contributed by atoms with E-state index in [4.69, 9.17) is 0 Å². The minimum Gasteiger partial charge on any atom is -0.340 e. The van der Waals surface area contributed by atoms with Crippen molar-refractivity contribution in [2.75, 3.05) is 26.2 Å². The average molecular weight is 304 g/mol. The van der Waals surface area contributed by atoms with Crippen LogP contribution in [0.1, 0.15) is 38.7 Å². The van der Waals surface area contributed by atoms with Crippen molar-refractivity contribution in [1.82, 2.24) is 19.6 Å². The molecule has 22 heavy (non-hydrogen) atoms. The van der Waals surface area contributed by atoms with Gasteiger partial charge in [0.1, 0.15) is 0 Å². The van der Waals surface area contributed by atoms with Crippen LogP contribution in [0.3, 0.4) is 0 Å². The van der Waals surface area contributed by atoms with Gasteiger partial charge in [0.05, 0.1) is 11.6 Å². The van der Waals surface area contributed by atoms with Crippen molar-refractivity contribution < 1.29 is 4.79 Å². The van der Waals surface area contributed by atoms with Crippen LogP contribution in [0.5, 0.6) is 0 Å². The molecule has 1 aromatic heterocycles.